The molecule has 6 nitrogen and oxygen atoms in total. The van der Waals surface area contributed by atoms with Crippen LogP contribution in [0.4, 0.5) is 11.6 Å². The van der Waals surface area contributed by atoms with Crippen molar-refractivity contribution < 1.29 is 8.42 Å². The number of halogens is 1. The fraction of sp³-hybridized carbons (Fsp3) is 0. The van der Waals surface area contributed by atoms with Crippen LogP contribution < -0.4 is 10.5 Å². The third kappa shape index (κ3) is 2.51. The van der Waals surface area contributed by atoms with E-state index in [9.17, 15) is 8.42 Å². The molecule has 0 spiro atoms. The molecular formula is C9H9ClN4O2S. The standard InChI is InChI=1S/C9H9ClN4O2S/c10-6-1-2-8(7(11)5-6)17(15,16)14-9-12-3-4-13-9/h1-5H,11H2,(H2,12,13,14). The number of sulfonamides is 1. The first kappa shape index (κ1) is 11.7. The summed E-state index contributed by atoms with van der Waals surface area (Å²) in [6.45, 7) is 0. The predicted octanol–water partition coefficient (Wildman–Crippen LogP) is 1.45. The first-order valence-electron chi connectivity index (χ1n) is 4.56. The number of imidazole rings is 1. The number of aromatic amines is 1. The van der Waals surface area contributed by atoms with Crippen molar-refractivity contribution in [3.8, 4) is 0 Å². The Morgan fingerprint density at radius 3 is 2.76 bits per heavy atom. The second-order valence-electron chi connectivity index (χ2n) is 3.23. The van der Waals surface area contributed by atoms with Crippen LogP contribution in [-0.4, -0.2) is 18.4 Å². The highest BCUT2D eigenvalue weighted by atomic mass is 35.5. The average molecular weight is 273 g/mol. The highest BCUT2D eigenvalue weighted by molar-refractivity contribution is 7.92. The number of nitrogens with one attached hydrogen (secondary N) is 2. The van der Waals surface area contributed by atoms with Crippen molar-refractivity contribution in [3.05, 3.63) is 35.6 Å². The molecule has 0 bridgehead atoms. The van der Waals surface area contributed by atoms with E-state index in [0.29, 0.717) is 5.02 Å². The quantitative estimate of drug-likeness (QED) is 0.736. The minimum Gasteiger partial charge on any atom is -0.398 e. The van der Waals surface area contributed by atoms with E-state index in [0.717, 1.165) is 0 Å². The van der Waals surface area contributed by atoms with Gasteiger partial charge in [-0.2, -0.15) is 0 Å². The molecule has 0 aliphatic rings. The molecular weight excluding hydrogens is 264 g/mol. The highest BCUT2D eigenvalue weighted by Crippen LogP contribution is 2.23. The van der Waals surface area contributed by atoms with Crippen LogP contribution in [0.25, 0.3) is 0 Å². The number of rotatable bonds is 3. The first-order chi connectivity index (χ1) is 7.99. The van der Waals surface area contributed by atoms with Gasteiger partial charge in [0.2, 0.25) is 5.95 Å². The fourth-order valence-electron chi connectivity index (χ4n) is 1.27. The van der Waals surface area contributed by atoms with E-state index >= 15 is 0 Å². The van der Waals surface area contributed by atoms with Gasteiger partial charge >= 0.3 is 0 Å². The average Bonchev–Trinajstić information content (AvgIpc) is 2.68. The van der Waals surface area contributed by atoms with Crippen LogP contribution in [0.5, 0.6) is 0 Å². The Hall–Kier alpha value is -1.73. The predicted molar refractivity (Wildman–Crippen MR) is 65.3 cm³/mol. The lowest BCUT2D eigenvalue weighted by molar-refractivity contribution is 0.601. The normalized spacial score (nSPS) is 11.4. The molecule has 1 aromatic heterocycles. The molecule has 0 radical (unpaired) electrons. The third-order valence-corrected chi connectivity index (χ3v) is 3.64. The molecule has 0 aliphatic carbocycles. The van der Waals surface area contributed by atoms with Crippen LogP contribution in [0.15, 0.2) is 35.5 Å². The minimum absolute atomic E-state index is 0.0432. The van der Waals surface area contributed by atoms with Crippen molar-refractivity contribution in [2.75, 3.05) is 10.5 Å². The Kier molecular flexibility index (Phi) is 2.95. The van der Waals surface area contributed by atoms with Crippen LogP contribution in [0.3, 0.4) is 0 Å². The van der Waals surface area contributed by atoms with E-state index in [2.05, 4.69) is 14.7 Å². The zero-order valence-electron chi connectivity index (χ0n) is 8.51. The van der Waals surface area contributed by atoms with Crippen LogP contribution in [0.2, 0.25) is 5.02 Å². The monoisotopic (exact) mass is 272 g/mol. The van der Waals surface area contributed by atoms with Gasteiger partial charge in [-0.15, -0.1) is 0 Å². The Morgan fingerprint density at radius 1 is 1.41 bits per heavy atom. The topological polar surface area (TPSA) is 101 Å². The van der Waals surface area contributed by atoms with Crippen molar-refractivity contribution in [2.45, 2.75) is 4.90 Å². The molecule has 1 heterocycles. The van der Waals surface area contributed by atoms with E-state index in [-0.39, 0.29) is 16.5 Å². The molecule has 0 aliphatic heterocycles. The molecule has 0 saturated carbocycles. The Morgan fingerprint density at radius 2 is 2.18 bits per heavy atom. The van der Waals surface area contributed by atoms with Crippen molar-refractivity contribution >= 4 is 33.3 Å². The Labute approximate surface area is 103 Å². The highest BCUT2D eigenvalue weighted by Gasteiger charge is 2.18. The summed E-state index contributed by atoms with van der Waals surface area (Å²) >= 11 is 5.70. The number of aromatic nitrogens is 2. The summed E-state index contributed by atoms with van der Waals surface area (Å²) in [5, 5.41) is 0.374. The summed E-state index contributed by atoms with van der Waals surface area (Å²) in [5.74, 6) is 0.124. The largest absolute Gasteiger partial charge is 0.398 e. The van der Waals surface area contributed by atoms with Gasteiger partial charge in [-0.3, -0.25) is 0 Å². The summed E-state index contributed by atoms with van der Waals surface area (Å²) in [6, 6.07) is 4.16. The van der Waals surface area contributed by atoms with Gasteiger partial charge in [0.1, 0.15) is 4.90 Å². The van der Waals surface area contributed by atoms with Gasteiger partial charge in [0.15, 0.2) is 0 Å². The van der Waals surface area contributed by atoms with Gasteiger partial charge in [-0.05, 0) is 18.2 Å². The summed E-state index contributed by atoms with van der Waals surface area (Å²) < 4.78 is 26.1. The summed E-state index contributed by atoms with van der Waals surface area (Å²) in [7, 11) is -3.76. The Balaban J connectivity index is 2.38. The summed E-state index contributed by atoms with van der Waals surface area (Å²) in [4.78, 5) is 6.34. The lowest BCUT2D eigenvalue weighted by atomic mass is 10.3. The number of nitrogens with zero attached hydrogens (tertiary/aromatic N) is 1. The molecule has 4 N–H and O–H groups in total. The first-order valence-corrected chi connectivity index (χ1v) is 6.42. The number of H-pyrrole nitrogens is 1. The summed E-state index contributed by atoms with van der Waals surface area (Å²) in [5.41, 5.74) is 5.68. The molecule has 2 rings (SSSR count). The van der Waals surface area contributed by atoms with Gasteiger partial charge < -0.3 is 10.7 Å². The van der Waals surface area contributed by atoms with Gasteiger partial charge in [0.05, 0.1) is 5.69 Å². The van der Waals surface area contributed by atoms with Crippen molar-refractivity contribution in [1.82, 2.24) is 9.97 Å². The number of nitrogens with two attached hydrogens (primary N) is 1. The van der Waals surface area contributed by atoms with Gasteiger partial charge in [-0.25, -0.2) is 18.1 Å². The second-order valence-corrected chi connectivity index (χ2v) is 5.31. The van der Waals surface area contributed by atoms with Crippen LogP contribution in [0.1, 0.15) is 0 Å². The molecule has 2 aromatic rings. The van der Waals surface area contributed by atoms with Crippen LogP contribution in [-0.2, 0) is 10.0 Å². The van der Waals surface area contributed by atoms with Crippen LogP contribution in [0, 0.1) is 0 Å². The molecule has 0 atom stereocenters. The van der Waals surface area contributed by atoms with Crippen molar-refractivity contribution in [2.24, 2.45) is 0 Å². The molecule has 90 valence electrons. The van der Waals surface area contributed by atoms with Gasteiger partial charge in [0.25, 0.3) is 10.0 Å². The number of anilines is 2. The van der Waals surface area contributed by atoms with Crippen LogP contribution >= 0.6 is 11.6 Å². The van der Waals surface area contributed by atoms with E-state index < -0.39 is 10.0 Å². The van der Waals surface area contributed by atoms with E-state index in [4.69, 9.17) is 17.3 Å². The maximum Gasteiger partial charge on any atom is 0.266 e. The molecule has 8 heteroatoms. The lowest BCUT2D eigenvalue weighted by Crippen LogP contribution is -2.15. The molecule has 0 amide bonds. The Bertz CT molecular complexity index is 624. The van der Waals surface area contributed by atoms with E-state index in [1.165, 1.54) is 30.6 Å². The zero-order chi connectivity index (χ0) is 12.5. The van der Waals surface area contributed by atoms with E-state index in [1.807, 2.05) is 0 Å². The number of benzene rings is 1. The maximum atomic E-state index is 11.9. The molecule has 1 aromatic carbocycles. The molecule has 0 saturated heterocycles. The molecule has 0 unspecified atom stereocenters. The van der Waals surface area contributed by atoms with Gasteiger partial charge in [-0.1, -0.05) is 11.6 Å². The van der Waals surface area contributed by atoms with E-state index in [1.54, 1.807) is 0 Å². The third-order valence-electron chi connectivity index (χ3n) is 1.99. The second kappa shape index (κ2) is 4.27. The number of nitrogen functional groups attached to an aromatic ring is 1. The summed E-state index contributed by atoms with van der Waals surface area (Å²) in [6.07, 6.45) is 2.94. The minimum atomic E-state index is -3.76. The molecule has 0 fully saturated rings. The van der Waals surface area contributed by atoms with Gasteiger partial charge in [0, 0.05) is 17.4 Å². The lowest BCUT2D eigenvalue weighted by Gasteiger charge is -2.08. The fourth-order valence-corrected chi connectivity index (χ4v) is 2.54. The number of hydrogen-bond donors (Lipinski definition) is 3. The number of hydrogen-bond acceptors (Lipinski definition) is 4. The van der Waals surface area contributed by atoms with Crippen molar-refractivity contribution in [1.29, 1.82) is 0 Å². The smallest absolute Gasteiger partial charge is 0.266 e. The SMILES string of the molecule is Nc1cc(Cl)ccc1S(=O)(=O)Nc1ncc[nH]1. The maximum absolute atomic E-state index is 11.9. The van der Waals surface area contributed by atoms with Crippen molar-refractivity contribution in [3.63, 3.8) is 0 Å². The molecule has 17 heavy (non-hydrogen) atoms. The zero-order valence-corrected chi connectivity index (χ0v) is 10.1.